The predicted octanol–water partition coefficient (Wildman–Crippen LogP) is 5.03. The monoisotopic (exact) mass is 290 g/mol. The summed E-state index contributed by atoms with van der Waals surface area (Å²) in [6.45, 7) is 0. The highest BCUT2D eigenvalue weighted by atomic mass is 14.9. The van der Waals surface area contributed by atoms with E-state index in [1.807, 2.05) is 12.3 Å². The maximum absolute atomic E-state index is 4.49. The number of hydrogen-bond acceptors (Lipinski definition) is 1. The Morgan fingerprint density at radius 1 is 0.727 bits per heavy atom. The number of aryl methyl sites for hydroxylation is 2. The SMILES string of the molecule is c1ccc(CCCCCc2ncc(-c3ccccc3)[nH]2)cc1. The van der Waals surface area contributed by atoms with Gasteiger partial charge < -0.3 is 4.98 Å². The van der Waals surface area contributed by atoms with Crippen LogP contribution >= 0.6 is 0 Å². The van der Waals surface area contributed by atoms with E-state index in [1.165, 1.54) is 36.8 Å². The molecule has 0 aliphatic heterocycles. The van der Waals surface area contributed by atoms with Crippen LogP contribution in [-0.4, -0.2) is 9.97 Å². The molecule has 2 aromatic carbocycles. The molecular formula is C20H22N2. The molecule has 0 bridgehead atoms. The molecule has 0 aliphatic rings. The third-order valence-corrected chi connectivity index (χ3v) is 3.94. The van der Waals surface area contributed by atoms with E-state index in [4.69, 9.17) is 0 Å². The maximum atomic E-state index is 4.49. The van der Waals surface area contributed by atoms with Crippen LogP contribution in [0.1, 0.15) is 30.7 Å². The third kappa shape index (κ3) is 4.08. The number of rotatable bonds is 7. The van der Waals surface area contributed by atoms with Gasteiger partial charge in [-0.25, -0.2) is 4.98 Å². The van der Waals surface area contributed by atoms with Gasteiger partial charge >= 0.3 is 0 Å². The number of nitrogens with one attached hydrogen (secondary N) is 1. The largest absolute Gasteiger partial charge is 0.342 e. The molecule has 1 aromatic heterocycles. The van der Waals surface area contributed by atoms with E-state index in [2.05, 4.69) is 64.6 Å². The number of benzene rings is 2. The Labute approximate surface area is 132 Å². The lowest BCUT2D eigenvalue weighted by atomic mass is 10.1. The number of H-pyrrole nitrogens is 1. The normalized spacial score (nSPS) is 10.7. The minimum absolute atomic E-state index is 1.03. The first-order valence-corrected chi connectivity index (χ1v) is 8.05. The van der Waals surface area contributed by atoms with Gasteiger partial charge in [0.05, 0.1) is 11.9 Å². The van der Waals surface area contributed by atoms with E-state index in [9.17, 15) is 0 Å². The first-order chi connectivity index (χ1) is 10.9. The second-order valence-electron chi connectivity index (χ2n) is 5.66. The fourth-order valence-electron chi connectivity index (χ4n) is 2.70. The topological polar surface area (TPSA) is 28.7 Å². The van der Waals surface area contributed by atoms with Gasteiger partial charge in [-0.05, 0) is 30.4 Å². The zero-order valence-electron chi connectivity index (χ0n) is 12.8. The summed E-state index contributed by atoms with van der Waals surface area (Å²) in [5, 5.41) is 0. The van der Waals surface area contributed by atoms with Gasteiger partial charge in [0.15, 0.2) is 0 Å². The highest BCUT2D eigenvalue weighted by molar-refractivity contribution is 5.57. The van der Waals surface area contributed by atoms with Crippen LogP contribution in [0.25, 0.3) is 11.3 Å². The predicted molar refractivity (Wildman–Crippen MR) is 91.7 cm³/mol. The molecule has 0 amide bonds. The van der Waals surface area contributed by atoms with Crippen LogP contribution < -0.4 is 0 Å². The van der Waals surface area contributed by atoms with Crippen LogP contribution in [0.4, 0.5) is 0 Å². The second-order valence-corrected chi connectivity index (χ2v) is 5.66. The highest BCUT2D eigenvalue weighted by Crippen LogP contribution is 2.17. The summed E-state index contributed by atoms with van der Waals surface area (Å²) in [5.74, 6) is 1.10. The summed E-state index contributed by atoms with van der Waals surface area (Å²) in [4.78, 5) is 7.92. The van der Waals surface area contributed by atoms with Crippen molar-refractivity contribution in [3.05, 3.63) is 78.2 Å². The minimum Gasteiger partial charge on any atom is -0.342 e. The standard InChI is InChI=1S/C20H22N2/c1-4-10-17(11-5-1)12-6-2-9-15-20-21-16-19(22-20)18-13-7-3-8-14-18/h1,3-5,7-8,10-11,13-14,16H,2,6,9,12,15H2,(H,21,22). The molecule has 22 heavy (non-hydrogen) atoms. The zero-order chi connectivity index (χ0) is 15.0. The Morgan fingerprint density at radius 3 is 2.18 bits per heavy atom. The van der Waals surface area contributed by atoms with Crippen molar-refractivity contribution in [3.63, 3.8) is 0 Å². The average molecular weight is 290 g/mol. The molecule has 0 unspecified atom stereocenters. The van der Waals surface area contributed by atoms with E-state index >= 15 is 0 Å². The molecular weight excluding hydrogens is 268 g/mol. The molecule has 0 fully saturated rings. The smallest absolute Gasteiger partial charge is 0.106 e. The lowest BCUT2D eigenvalue weighted by Gasteiger charge is -2.01. The van der Waals surface area contributed by atoms with Crippen molar-refractivity contribution < 1.29 is 0 Å². The second kappa shape index (κ2) is 7.60. The van der Waals surface area contributed by atoms with Crippen LogP contribution in [0, 0.1) is 0 Å². The van der Waals surface area contributed by atoms with Crippen LogP contribution in [0.15, 0.2) is 66.9 Å². The maximum Gasteiger partial charge on any atom is 0.106 e. The summed E-state index contributed by atoms with van der Waals surface area (Å²) in [6.07, 6.45) is 7.83. The zero-order valence-corrected chi connectivity index (χ0v) is 12.8. The van der Waals surface area contributed by atoms with Crippen LogP contribution in [0.5, 0.6) is 0 Å². The van der Waals surface area contributed by atoms with Gasteiger partial charge in [0, 0.05) is 6.42 Å². The Hall–Kier alpha value is -2.35. The summed E-state index contributed by atoms with van der Waals surface area (Å²) in [6, 6.07) is 21.1. The van der Waals surface area contributed by atoms with Gasteiger partial charge in [0.1, 0.15) is 5.82 Å². The molecule has 0 saturated heterocycles. The third-order valence-electron chi connectivity index (χ3n) is 3.94. The van der Waals surface area contributed by atoms with Crippen LogP contribution in [0.2, 0.25) is 0 Å². The van der Waals surface area contributed by atoms with E-state index in [1.54, 1.807) is 0 Å². The molecule has 2 heteroatoms. The van der Waals surface area contributed by atoms with Crippen molar-refractivity contribution in [1.82, 2.24) is 9.97 Å². The molecule has 0 atom stereocenters. The highest BCUT2D eigenvalue weighted by Gasteiger charge is 2.02. The fourth-order valence-corrected chi connectivity index (χ4v) is 2.70. The van der Waals surface area contributed by atoms with Gasteiger partial charge in [0.25, 0.3) is 0 Å². The number of aromatic amines is 1. The molecule has 0 saturated carbocycles. The summed E-state index contributed by atoms with van der Waals surface area (Å²) in [7, 11) is 0. The summed E-state index contributed by atoms with van der Waals surface area (Å²) in [5.41, 5.74) is 3.75. The Kier molecular flexibility index (Phi) is 5.04. The fraction of sp³-hybridized carbons (Fsp3) is 0.250. The minimum atomic E-state index is 1.03. The van der Waals surface area contributed by atoms with E-state index in [0.29, 0.717) is 0 Å². The van der Waals surface area contributed by atoms with E-state index in [-0.39, 0.29) is 0 Å². The van der Waals surface area contributed by atoms with E-state index in [0.717, 1.165) is 17.9 Å². The molecule has 112 valence electrons. The molecule has 3 rings (SSSR count). The number of imidazole rings is 1. The molecule has 1 heterocycles. The summed E-state index contributed by atoms with van der Waals surface area (Å²) >= 11 is 0. The number of aromatic nitrogens is 2. The quantitative estimate of drug-likeness (QED) is 0.607. The number of nitrogens with zero attached hydrogens (tertiary/aromatic N) is 1. The van der Waals surface area contributed by atoms with Crippen molar-refractivity contribution in [2.75, 3.05) is 0 Å². The van der Waals surface area contributed by atoms with Crippen molar-refractivity contribution in [2.24, 2.45) is 0 Å². The van der Waals surface area contributed by atoms with Crippen molar-refractivity contribution >= 4 is 0 Å². The lowest BCUT2D eigenvalue weighted by molar-refractivity contribution is 0.665. The average Bonchev–Trinajstić information content (AvgIpc) is 3.05. The van der Waals surface area contributed by atoms with Crippen LogP contribution in [-0.2, 0) is 12.8 Å². The molecule has 1 N–H and O–H groups in total. The van der Waals surface area contributed by atoms with Gasteiger partial charge in [-0.3, -0.25) is 0 Å². The van der Waals surface area contributed by atoms with E-state index < -0.39 is 0 Å². The Morgan fingerprint density at radius 2 is 1.41 bits per heavy atom. The molecule has 3 aromatic rings. The molecule has 0 aliphatic carbocycles. The first kappa shape index (κ1) is 14.6. The van der Waals surface area contributed by atoms with Crippen LogP contribution in [0.3, 0.4) is 0 Å². The van der Waals surface area contributed by atoms with Gasteiger partial charge in [-0.2, -0.15) is 0 Å². The van der Waals surface area contributed by atoms with Gasteiger partial charge in [-0.15, -0.1) is 0 Å². The Balaban J connectivity index is 1.42. The summed E-state index contributed by atoms with van der Waals surface area (Å²) < 4.78 is 0. The lowest BCUT2D eigenvalue weighted by Crippen LogP contribution is -1.90. The molecule has 2 nitrogen and oxygen atoms in total. The number of unbranched alkanes of at least 4 members (excludes halogenated alkanes) is 2. The van der Waals surface area contributed by atoms with Crippen molar-refractivity contribution in [3.8, 4) is 11.3 Å². The van der Waals surface area contributed by atoms with Crippen molar-refractivity contribution in [1.29, 1.82) is 0 Å². The van der Waals surface area contributed by atoms with Gasteiger partial charge in [0.2, 0.25) is 0 Å². The molecule has 0 spiro atoms. The number of hydrogen-bond donors (Lipinski definition) is 1. The Bertz CT molecular complexity index is 671. The van der Waals surface area contributed by atoms with Gasteiger partial charge in [-0.1, -0.05) is 67.1 Å². The molecule has 0 radical (unpaired) electrons. The van der Waals surface area contributed by atoms with Crippen molar-refractivity contribution in [2.45, 2.75) is 32.1 Å². The first-order valence-electron chi connectivity index (χ1n) is 8.05.